The Kier molecular flexibility index (Phi) is 7.28. The minimum absolute atomic E-state index is 0.0105. The summed E-state index contributed by atoms with van der Waals surface area (Å²) >= 11 is 0. The molecule has 22 heavy (non-hydrogen) atoms. The maximum atomic E-state index is 11.8. The van der Waals surface area contributed by atoms with Crippen LogP contribution in [0.2, 0.25) is 0 Å². The molecule has 0 aromatic carbocycles. The average molecular weight is 333 g/mol. The van der Waals surface area contributed by atoms with Gasteiger partial charge in [0, 0.05) is 25.6 Å². The van der Waals surface area contributed by atoms with Gasteiger partial charge in [0.2, 0.25) is 11.8 Å². The second kappa shape index (κ2) is 8.47. The number of hydrogen-bond acceptors (Lipinski definition) is 5. The van der Waals surface area contributed by atoms with E-state index in [4.69, 9.17) is 5.73 Å². The molecule has 1 fully saturated rings. The number of carbonyl (C=O) groups excluding carboxylic acids is 2. The van der Waals surface area contributed by atoms with Gasteiger partial charge in [0.15, 0.2) is 9.84 Å². The second-order valence-electron chi connectivity index (χ2n) is 6.34. The van der Waals surface area contributed by atoms with E-state index in [0.717, 1.165) is 12.8 Å². The van der Waals surface area contributed by atoms with Gasteiger partial charge in [-0.2, -0.15) is 0 Å². The van der Waals surface area contributed by atoms with Crippen molar-refractivity contribution in [3.63, 3.8) is 0 Å². The Hall–Kier alpha value is -1.15. The molecule has 0 radical (unpaired) electrons. The lowest BCUT2D eigenvalue weighted by molar-refractivity contribution is -0.122. The van der Waals surface area contributed by atoms with E-state index in [-0.39, 0.29) is 48.2 Å². The van der Waals surface area contributed by atoms with Crippen LogP contribution in [-0.4, -0.2) is 62.3 Å². The van der Waals surface area contributed by atoms with Gasteiger partial charge < -0.3 is 11.1 Å². The molecular formula is C14H27N3O4S. The van der Waals surface area contributed by atoms with Gasteiger partial charge in [0.05, 0.1) is 18.1 Å². The first kappa shape index (κ1) is 18.9. The smallest absolute Gasteiger partial charge is 0.231 e. The highest BCUT2D eigenvalue weighted by Gasteiger charge is 2.22. The van der Waals surface area contributed by atoms with Gasteiger partial charge in [-0.05, 0) is 18.8 Å². The first-order valence-corrected chi connectivity index (χ1v) is 9.50. The lowest BCUT2D eigenvalue weighted by Gasteiger charge is -2.31. The molecule has 0 spiro atoms. The highest BCUT2D eigenvalue weighted by atomic mass is 32.2. The summed E-state index contributed by atoms with van der Waals surface area (Å²) in [5.41, 5.74) is 5.15. The van der Waals surface area contributed by atoms with E-state index in [1.807, 2.05) is 18.7 Å². The van der Waals surface area contributed by atoms with Crippen LogP contribution in [0.5, 0.6) is 0 Å². The third-order valence-electron chi connectivity index (χ3n) is 3.56. The first-order chi connectivity index (χ1) is 10.2. The van der Waals surface area contributed by atoms with Crippen molar-refractivity contribution in [1.82, 2.24) is 10.2 Å². The Morgan fingerprint density at radius 1 is 1.27 bits per heavy atom. The highest BCUT2D eigenvalue weighted by Crippen LogP contribution is 2.10. The van der Waals surface area contributed by atoms with Crippen molar-refractivity contribution < 1.29 is 18.0 Å². The predicted octanol–water partition coefficient (Wildman–Crippen LogP) is -0.487. The zero-order valence-electron chi connectivity index (χ0n) is 13.4. The minimum Gasteiger partial charge on any atom is -0.369 e. The predicted molar refractivity (Wildman–Crippen MR) is 84.9 cm³/mol. The minimum atomic E-state index is -3.16. The molecule has 1 aliphatic rings. The largest absolute Gasteiger partial charge is 0.369 e. The van der Waals surface area contributed by atoms with Crippen LogP contribution in [-0.2, 0) is 19.4 Å². The third-order valence-corrected chi connectivity index (χ3v) is 5.56. The zero-order valence-corrected chi connectivity index (χ0v) is 14.2. The number of sulfone groups is 1. The number of carbonyl (C=O) groups is 2. The monoisotopic (exact) mass is 333 g/mol. The van der Waals surface area contributed by atoms with Crippen molar-refractivity contribution in [2.24, 2.45) is 11.7 Å². The Balaban J connectivity index is 2.28. The summed E-state index contributed by atoms with van der Waals surface area (Å²) in [5.74, 6) is -0.482. The van der Waals surface area contributed by atoms with Gasteiger partial charge in [-0.3, -0.25) is 14.5 Å². The molecule has 0 bridgehead atoms. The van der Waals surface area contributed by atoms with Crippen LogP contribution in [0.25, 0.3) is 0 Å². The maximum Gasteiger partial charge on any atom is 0.231 e. The van der Waals surface area contributed by atoms with E-state index in [0.29, 0.717) is 13.1 Å². The Labute approximate surface area is 132 Å². The van der Waals surface area contributed by atoms with Crippen molar-refractivity contribution >= 4 is 21.7 Å². The summed E-state index contributed by atoms with van der Waals surface area (Å²) in [6.07, 6.45) is 1.51. The van der Waals surface area contributed by atoms with Crippen LogP contribution >= 0.6 is 0 Å². The van der Waals surface area contributed by atoms with Crippen LogP contribution in [0.3, 0.4) is 0 Å². The molecule has 128 valence electrons. The molecule has 0 saturated carbocycles. The SMILES string of the molecule is CC(C)CS(=O)(=O)CCC(=O)NC1CCN(CC(N)=O)CC1. The summed E-state index contributed by atoms with van der Waals surface area (Å²) in [6.45, 7) is 5.35. The molecule has 0 aromatic heterocycles. The maximum absolute atomic E-state index is 11.8. The van der Waals surface area contributed by atoms with E-state index in [1.54, 1.807) is 0 Å². The second-order valence-corrected chi connectivity index (χ2v) is 8.57. The van der Waals surface area contributed by atoms with Crippen LogP contribution in [0.15, 0.2) is 0 Å². The number of nitrogens with one attached hydrogen (secondary N) is 1. The lowest BCUT2D eigenvalue weighted by Crippen LogP contribution is -2.46. The summed E-state index contributed by atoms with van der Waals surface area (Å²) in [4.78, 5) is 24.6. The molecule has 0 aromatic rings. The molecule has 0 atom stereocenters. The number of piperidine rings is 1. The molecule has 1 heterocycles. The third kappa shape index (κ3) is 7.74. The van der Waals surface area contributed by atoms with Gasteiger partial charge >= 0.3 is 0 Å². The summed E-state index contributed by atoms with van der Waals surface area (Å²) in [7, 11) is -3.16. The fourth-order valence-electron chi connectivity index (χ4n) is 2.60. The molecule has 1 aliphatic heterocycles. The molecule has 3 N–H and O–H groups in total. The molecule has 0 unspecified atom stereocenters. The standard InChI is InChI=1S/C14H27N3O4S/c1-11(2)10-22(20,21)8-5-14(19)16-12-3-6-17(7-4-12)9-13(15)18/h11-12H,3-10H2,1-2H3,(H2,15,18)(H,16,19). The lowest BCUT2D eigenvalue weighted by atomic mass is 10.0. The Morgan fingerprint density at radius 2 is 1.86 bits per heavy atom. The first-order valence-electron chi connectivity index (χ1n) is 7.68. The van der Waals surface area contributed by atoms with Gasteiger partial charge in [-0.15, -0.1) is 0 Å². The molecule has 7 nitrogen and oxygen atoms in total. The molecular weight excluding hydrogens is 306 g/mol. The van der Waals surface area contributed by atoms with Gasteiger partial charge in [0.25, 0.3) is 0 Å². The number of nitrogens with two attached hydrogens (primary N) is 1. The van der Waals surface area contributed by atoms with Crippen molar-refractivity contribution in [1.29, 1.82) is 0 Å². The van der Waals surface area contributed by atoms with E-state index in [2.05, 4.69) is 5.32 Å². The van der Waals surface area contributed by atoms with E-state index in [9.17, 15) is 18.0 Å². The number of amides is 2. The summed E-state index contributed by atoms with van der Waals surface area (Å²) in [5, 5.41) is 2.87. The van der Waals surface area contributed by atoms with Crippen LogP contribution in [0.4, 0.5) is 0 Å². The highest BCUT2D eigenvalue weighted by molar-refractivity contribution is 7.91. The van der Waals surface area contributed by atoms with Crippen LogP contribution in [0, 0.1) is 5.92 Å². The molecule has 8 heteroatoms. The normalized spacial score (nSPS) is 17.6. The summed E-state index contributed by atoms with van der Waals surface area (Å²) in [6, 6.07) is 0.0458. The fraction of sp³-hybridized carbons (Fsp3) is 0.857. The van der Waals surface area contributed by atoms with Crippen molar-refractivity contribution in [3.8, 4) is 0 Å². The molecule has 0 aliphatic carbocycles. The van der Waals surface area contributed by atoms with Gasteiger partial charge in [0.1, 0.15) is 0 Å². The summed E-state index contributed by atoms with van der Waals surface area (Å²) < 4.78 is 23.5. The number of likely N-dealkylation sites (tertiary alicyclic amines) is 1. The molecule has 2 amide bonds. The number of rotatable bonds is 8. The topological polar surface area (TPSA) is 110 Å². The van der Waals surface area contributed by atoms with E-state index >= 15 is 0 Å². The number of primary amides is 1. The van der Waals surface area contributed by atoms with Gasteiger partial charge in [-0.1, -0.05) is 13.8 Å². The Morgan fingerprint density at radius 3 is 2.36 bits per heavy atom. The Bertz CT molecular complexity index is 482. The number of nitrogens with zero attached hydrogens (tertiary/aromatic N) is 1. The van der Waals surface area contributed by atoms with Crippen molar-refractivity contribution in [3.05, 3.63) is 0 Å². The molecule has 1 rings (SSSR count). The quantitative estimate of drug-likeness (QED) is 0.623. The van der Waals surface area contributed by atoms with Crippen molar-refractivity contribution in [2.45, 2.75) is 39.2 Å². The van der Waals surface area contributed by atoms with Crippen molar-refractivity contribution in [2.75, 3.05) is 31.1 Å². The number of hydrogen-bond donors (Lipinski definition) is 2. The van der Waals surface area contributed by atoms with E-state index in [1.165, 1.54) is 0 Å². The fourth-order valence-corrected chi connectivity index (χ4v) is 4.27. The van der Waals surface area contributed by atoms with E-state index < -0.39 is 9.84 Å². The van der Waals surface area contributed by atoms with Crippen LogP contribution < -0.4 is 11.1 Å². The van der Waals surface area contributed by atoms with Gasteiger partial charge in [-0.25, -0.2) is 8.42 Å². The van der Waals surface area contributed by atoms with Crippen LogP contribution in [0.1, 0.15) is 33.1 Å². The average Bonchev–Trinajstić information content (AvgIpc) is 2.37. The molecule has 1 saturated heterocycles. The zero-order chi connectivity index (χ0) is 16.8.